The first kappa shape index (κ1) is 14.0. The maximum atomic E-state index is 12.2. The number of ketones is 1. The fraction of sp³-hybridized carbons (Fsp3) is 0.444. The van der Waals surface area contributed by atoms with Gasteiger partial charge in [-0.25, -0.2) is 0 Å². The lowest BCUT2D eigenvalue weighted by molar-refractivity contribution is -0.273. The lowest BCUT2D eigenvalue weighted by atomic mass is 10.00. The van der Waals surface area contributed by atoms with Crippen molar-refractivity contribution < 1.29 is 31.1 Å². The van der Waals surface area contributed by atoms with Gasteiger partial charge >= 0.3 is 12.4 Å². The van der Waals surface area contributed by atoms with Crippen LogP contribution in [0.5, 0.6) is 0 Å². The van der Waals surface area contributed by atoms with Crippen molar-refractivity contribution in [2.45, 2.75) is 18.8 Å². The van der Waals surface area contributed by atoms with E-state index in [1.807, 2.05) is 0 Å². The average Bonchev–Trinajstić information content (AvgIpc) is 2.49. The number of Topliss-reactive ketones (excluding diaryl/α,β-unsaturated/α-hetero) is 1. The summed E-state index contributed by atoms with van der Waals surface area (Å²) in [6.07, 6.45) is -12.1. The van der Waals surface area contributed by atoms with Crippen LogP contribution in [0.2, 0.25) is 0 Å². The topological polar surface area (TPSA) is 17.1 Å². The number of hydrogen-bond acceptors (Lipinski definition) is 2. The third-order valence-corrected chi connectivity index (χ3v) is 2.78. The maximum Gasteiger partial charge on any atom is 0.407 e. The SMILES string of the molecule is O=C(Cc1cccs1)C(C(F)(F)F)C(F)(F)F. The molecule has 1 aromatic heterocycles. The zero-order valence-electron chi connectivity index (χ0n) is 8.10. The van der Waals surface area contributed by atoms with Crippen LogP contribution >= 0.6 is 11.3 Å². The van der Waals surface area contributed by atoms with E-state index in [4.69, 9.17) is 0 Å². The minimum atomic E-state index is -5.60. The highest BCUT2D eigenvalue weighted by Gasteiger charge is 2.60. The zero-order valence-corrected chi connectivity index (χ0v) is 8.92. The number of rotatable bonds is 3. The van der Waals surface area contributed by atoms with Gasteiger partial charge in [0.25, 0.3) is 0 Å². The van der Waals surface area contributed by atoms with Crippen molar-refractivity contribution in [1.29, 1.82) is 0 Å². The van der Waals surface area contributed by atoms with Crippen molar-refractivity contribution in [2.24, 2.45) is 5.92 Å². The molecule has 1 rings (SSSR count). The molecule has 0 unspecified atom stereocenters. The molecule has 0 saturated carbocycles. The van der Waals surface area contributed by atoms with E-state index in [1.165, 1.54) is 17.5 Å². The Kier molecular flexibility index (Phi) is 3.85. The highest BCUT2D eigenvalue weighted by Crippen LogP contribution is 2.40. The Morgan fingerprint density at radius 1 is 1.18 bits per heavy atom. The Labute approximate surface area is 96.1 Å². The van der Waals surface area contributed by atoms with Crippen molar-refractivity contribution >= 4 is 17.1 Å². The average molecular weight is 276 g/mol. The fourth-order valence-electron chi connectivity index (χ4n) is 1.24. The van der Waals surface area contributed by atoms with E-state index < -0.39 is 30.5 Å². The van der Waals surface area contributed by atoms with Gasteiger partial charge in [-0.3, -0.25) is 4.79 Å². The van der Waals surface area contributed by atoms with E-state index in [0.29, 0.717) is 0 Å². The molecule has 0 aromatic carbocycles. The van der Waals surface area contributed by atoms with Gasteiger partial charge in [0, 0.05) is 11.3 Å². The summed E-state index contributed by atoms with van der Waals surface area (Å²) in [5.74, 6) is -5.79. The van der Waals surface area contributed by atoms with Crippen LogP contribution in [0.3, 0.4) is 0 Å². The summed E-state index contributed by atoms with van der Waals surface area (Å²) in [6.45, 7) is 0. The first-order chi connectivity index (χ1) is 7.62. The molecule has 0 spiro atoms. The Morgan fingerprint density at radius 3 is 2.06 bits per heavy atom. The molecule has 1 nitrogen and oxygen atoms in total. The molecule has 8 heteroatoms. The van der Waals surface area contributed by atoms with Crippen molar-refractivity contribution in [3.63, 3.8) is 0 Å². The Bertz CT molecular complexity index is 363. The summed E-state index contributed by atoms with van der Waals surface area (Å²) >= 11 is 0.934. The maximum absolute atomic E-state index is 12.2. The van der Waals surface area contributed by atoms with Gasteiger partial charge in [0.2, 0.25) is 5.92 Å². The van der Waals surface area contributed by atoms with Gasteiger partial charge in [0.05, 0.1) is 0 Å². The fourth-order valence-corrected chi connectivity index (χ4v) is 1.95. The van der Waals surface area contributed by atoms with Gasteiger partial charge in [-0.05, 0) is 11.4 Å². The van der Waals surface area contributed by atoms with Crippen LogP contribution in [-0.4, -0.2) is 18.1 Å². The van der Waals surface area contributed by atoms with Crippen molar-refractivity contribution in [1.82, 2.24) is 0 Å². The molecule has 0 N–H and O–H groups in total. The molecule has 0 aliphatic carbocycles. The van der Waals surface area contributed by atoms with E-state index >= 15 is 0 Å². The summed E-state index contributed by atoms with van der Waals surface area (Å²) in [7, 11) is 0. The minimum Gasteiger partial charge on any atom is -0.298 e. The summed E-state index contributed by atoms with van der Waals surface area (Å²) in [5.41, 5.74) is 0. The molecule has 0 saturated heterocycles. The number of alkyl halides is 6. The van der Waals surface area contributed by atoms with Gasteiger partial charge < -0.3 is 0 Å². The van der Waals surface area contributed by atoms with Crippen LogP contribution in [0.1, 0.15) is 4.88 Å². The minimum absolute atomic E-state index is 0.175. The molecule has 0 amide bonds. The Balaban J connectivity index is 2.89. The van der Waals surface area contributed by atoms with E-state index in [0.717, 1.165) is 11.3 Å². The third-order valence-electron chi connectivity index (χ3n) is 1.91. The van der Waals surface area contributed by atoms with Crippen LogP contribution in [0.25, 0.3) is 0 Å². The largest absolute Gasteiger partial charge is 0.407 e. The highest BCUT2D eigenvalue weighted by atomic mass is 32.1. The van der Waals surface area contributed by atoms with Crippen LogP contribution in [0.15, 0.2) is 17.5 Å². The van der Waals surface area contributed by atoms with Crippen molar-refractivity contribution in [3.8, 4) is 0 Å². The second kappa shape index (κ2) is 4.67. The number of halogens is 6. The molecule has 0 bridgehead atoms. The summed E-state index contributed by atoms with van der Waals surface area (Å²) in [5, 5.41) is 1.47. The lowest BCUT2D eigenvalue weighted by Crippen LogP contribution is -2.43. The molecule has 0 aliphatic rings. The summed E-state index contributed by atoms with van der Waals surface area (Å²) in [4.78, 5) is 11.2. The Hall–Kier alpha value is -1.05. The number of carbonyl (C=O) groups excluding carboxylic acids is 1. The first-order valence-electron chi connectivity index (χ1n) is 4.31. The molecule has 0 aliphatic heterocycles. The predicted molar refractivity (Wildman–Crippen MR) is 48.6 cm³/mol. The monoisotopic (exact) mass is 276 g/mol. The summed E-state index contributed by atoms with van der Waals surface area (Å²) in [6, 6.07) is 2.76. The van der Waals surface area contributed by atoms with Gasteiger partial charge in [0.1, 0.15) is 0 Å². The van der Waals surface area contributed by atoms with E-state index in [-0.39, 0.29) is 4.88 Å². The van der Waals surface area contributed by atoms with Crippen LogP contribution < -0.4 is 0 Å². The smallest absolute Gasteiger partial charge is 0.298 e. The first-order valence-corrected chi connectivity index (χ1v) is 5.19. The van der Waals surface area contributed by atoms with Gasteiger partial charge in [0.15, 0.2) is 5.78 Å². The van der Waals surface area contributed by atoms with Crippen LogP contribution in [-0.2, 0) is 11.2 Å². The van der Waals surface area contributed by atoms with E-state index in [2.05, 4.69) is 0 Å². The third kappa shape index (κ3) is 3.72. The lowest BCUT2D eigenvalue weighted by Gasteiger charge is -2.21. The van der Waals surface area contributed by atoms with Gasteiger partial charge in [-0.15, -0.1) is 11.3 Å². The molecular formula is C9H6F6OS. The molecule has 17 heavy (non-hydrogen) atoms. The molecule has 0 fully saturated rings. The van der Waals surface area contributed by atoms with E-state index in [9.17, 15) is 31.1 Å². The van der Waals surface area contributed by atoms with Gasteiger partial charge in [-0.1, -0.05) is 6.07 Å². The van der Waals surface area contributed by atoms with Crippen LogP contribution in [0.4, 0.5) is 26.3 Å². The second-order valence-corrected chi connectivity index (χ2v) is 4.27. The van der Waals surface area contributed by atoms with E-state index in [1.54, 1.807) is 0 Å². The van der Waals surface area contributed by atoms with Crippen molar-refractivity contribution in [2.75, 3.05) is 0 Å². The number of carbonyl (C=O) groups is 1. The van der Waals surface area contributed by atoms with Crippen LogP contribution in [0, 0.1) is 5.92 Å². The summed E-state index contributed by atoms with van der Waals surface area (Å²) < 4.78 is 72.9. The zero-order chi connectivity index (χ0) is 13.3. The molecule has 1 aromatic rings. The van der Waals surface area contributed by atoms with Gasteiger partial charge in [-0.2, -0.15) is 26.3 Å². The number of hydrogen-bond donors (Lipinski definition) is 0. The molecule has 0 atom stereocenters. The molecule has 96 valence electrons. The standard InChI is InChI=1S/C9H6F6OS/c10-8(11,12)7(9(13,14)15)6(16)4-5-2-1-3-17-5/h1-3,7H,4H2. The predicted octanol–water partition coefficient (Wildman–Crippen LogP) is 3.60. The number of thiophene rings is 1. The Morgan fingerprint density at radius 2 is 1.71 bits per heavy atom. The highest BCUT2D eigenvalue weighted by molar-refractivity contribution is 7.10. The normalized spacial score (nSPS) is 13.1. The molecule has 0 radical (unpaired) electrons. The quantitative estimate of drug-likeness (QED) is 0.771. The molecular weight excluding hydrogens is 270 g/mol. The second-order valence-electron chi connectivity index (χ2n) is 3.24. The molecule has 1 heterocycles. The van der Waals surface area contributed by atoms with Crippen molar-refractivity contribution in [3.05, 3.63) is 22.4 Å².